The zero-order valence-corrected chi connectivity index (χ0v) is 15.2. The summed E-state index contributed by atoms with van der Waals surface area (Å²) in [7, 11) is 0. The van der Waals surface area contributed by atoms with Crippen LogP contribution in [0.5, 0.6) is 5.75 Å². The third-order valence-corrected chi connectivity index (χ3v) is 3.03. The summed E-state index contributed by atoms with van der Waals surface area (Å²) in [5.74, 6) is 1.16. The third kappa shape index (κ3) is 7.35. The van der Waals surface area contributed by atoms with Crippen LogP contribution in [-0.2, 0) is 4.74 Å². The van der Waals surface area contributed by atoms with Crippen LogP contribution >= 0.6 is 0 Å². The first-order chi connectivity index (χ1) is 11.3. The first-order valence-electron chi connectivity index (χ1n) is 8.32. The summed E-state index contributed by atoms with van der Waals surface area (Å²) in [5, 5.41) is 2.87. The number of carbonyl (C=O) groups is 2. The average molecular weight is 336 g/mol. The first-order valence-corrected chi connectivity index (χ1v) is 8.32. The van der Waals surface area contributed by atoms with Crippen molar-refractivity contribution in [2.75, 3.05) is 25.0 Å². The lowest BCUT2D eigenvalue weighted by atomic mass is 10.1. The van der Waals surface area contributed by atoms with Crippen molar-refractivity contribution in [3.63, 3.8) is 0 Å². The molecule has 1 rings (SSSR count). The quantitative estimate of drug-likeness (QED) is 0.593. The second-order valence-corrected chi connectivity index (χ2v) is 6.43. The van der Waals surface area contributed by atoms with Crippen molar-refractivity contribution in [2.24, 2.45) is 11.8 Å². The van der Waals surface area contributed by atoms with E-state index in [-0.39, 0.29) is 12.6 Å². The van der Waals surface area contributed by atoms with E-state index in [1.54, 1.807) is 31.2 Å². The van der Waals surface area contributed by atoms with Crippen LogP contribution < -0.4 is 10.1 Å². The first kappa shape index (κ1) is 19.8. The molecule has 2 amide bonds. The van der Waals surface area contributed by atoms with Gasteiger partial charge in [-0.25, -0.2) is 9.59 Å². The van der Waals surface area contributed by atoms with Gasteiger partial charge in [-0.15, -0.1) is 0 Å². The number of anilines is 1. The summed E-state index contributed by atoms with van der Waals surface area (Å²) >= 11 is 0. The van der Waals surface area contributed by atoms with Crippen LogP contribution in [0.3, 0.4) is 0 Å². The van der Waals surface area contributed by atoms with Gasteiger partial charge in [-0.05, 0) is 43.0 Å². The maximum atomic E-state index is 12.4. The minimum Gasteiger partial charge on any atom is -0.434 e. The van der Waals surface area contributed by atoms with Crippen molar-refractivity contribution in [1.82, 2.24) is 4.90 Å². The van der Waals surface area contributed by atoms with Gasteiger partial charge in [0.2, 0.25) is 0 Å². The number of hydrogen-bond donors (Lipinski definition) is 1. The Bertz CT molecular complexity index is 516. The highest BCUT2D eigenvalue weighted by Gasteiger charge is 2.16. The molecule has 0 fully saturated rings. The van der Waals surface area contributed by atoms with E-state index in [9.17, 15) is 9.59 Å². The summed E-state index contributed by atoms with van der Waals surface area (Å²) in [6.07, 6.45) is -0.741. The van der Waals surface area contributed by atoms with Gasteiger partial charge in [0, 0.05) is 18.8 Å². The summed E-state index contributed by atoms with van der Waals surface area (Å²) < 4.78 is 9.69. The normalized spacial score (nSPS) is 10.6. The zero-order valence-electron chi connectivity index (χ0n) is 15.2. The Kier molecular flexibility index (Phi) is 8.09. The fourth-order valence-electron chi connectivity index (χ4n) is 2.17. The molecule has 6 heteroatoms. The van der Waals surface area contributed by atoms with Gasteiger partial charge >= 0.3 is 12.2 Å². The van der Waals surface area contributed by atoms with Gasteiger partial charge in [-0.1, -0.05) is 27.7 Å². The van der Waals surface area contributed by atoms with E-state index in [1.165, 1.54) is 0 Å². The highest BCUT2D eigenvalue weighted by Crippen LogP contribution is 2.17. The molecule has 1 aromatic rings. The summed E-state index contributed by atoms with van der Waals surface area (Å²) in [4.78, 5) is 25.5. The predicted octanol–water partition coefficient (Wildman–Crippen LogP) is 4.37. The van der Waals surface area contributed by atoms with Gasteiger partial charge in [0.05, 0.1) is 6.61 Å². The molecule has 0 atom stereocenters. The molecule has 0 aromatic heterocycles. The second kappa shape index (κ2) is 9.80. The largest absolute Gasteiger partial charge is 0.513 e. The fourth-order valence-corrected chi connectivity index (χ4v) is 2.17. The molecule has 134 valence electrons. The minimum absolute atomic E-state index is 0.128. The number of ether oxygens (including phenoxy) is 2. The van der Waals surface area contributed by atoms with Gasteiger partial charge in [0.15, 0.2) is 0 Å². The van der Waals surface area contributed by atoms with Gasteiger partial charge in [-0.3, -0.25) is 0 Å². The third-order valence-electron chi connectivity index (χ3n) is 3.03. The molecule has 1 aromatic carbocycles. The summed E-state index contributed by atoms with van der Waals surface area (Å²) in [5.41, 5.74) is 0.647. The van der Waals surface area contributed by atoms with Crippen LogP contribution in [0.1, 0.15) is 34.6 Å². The van der Waals surface area contributed by atoms with Crippen LogP contribution in [0.15, 0.2) is 24.3 Å². The van der Waals surface area contributed by atoms with Gasteiger partial charge in [0.25, 0.3) is 0 Å². The van der Waals surface area contributed by atoms with Crippen molar-refractivity contribution >= 4 is 17.9 Å². The molecule has 0 bridgehead atoms. The standard InChI is InChI=1S/C18H28N2O4/c1-6-23-18(22)24-16-9-7-15(8-10-16)19-17(21)20(11-13(2)3)12-14(4)5/h7-10,13-14H,6,11-12H2,1-5H3,(H,19,21). The second-order valence-electron chi connectivity index (χ2n) is 6.43. The van der Waals surface area contributed by atoms with Gasteiger partial charge in [-0.2, -0.15) is 0 Å². The highest BCUT2D eigenvalue weighted by molar-refractivity contribution is 5.89. The van der Waals surface area contributed by atoms with E-state index in [0.29, 0.717) is 36.4 Å². The molecule has 0 heterocycles. The van der Waals surface area contributed by atoms with Crippen LogP contribution in [0, 0.1) is 11.8 Å². The molecular weight excluding hydrogens is 308 g/mol. The number of urea groups is 1. The Balaban J connectivity index is 2.66. The Morgan fingerprint density at radius 3 is 2.04 bits per heavy atom. The molecule has 0 unspecified atom stereocenters. The number of amides is 2. The lowest BCUT2D eigenvalue weighted by Crippen LogP contribution is -2.39. The number of nitrogens with one attached hydrogen (secondary N) is 1. The molecule has 0 aliphatic heterocycles. The SMILES string of the molecule is CCOC(=O)Oc1ccc(NC(=O)N(CC(C)C)CC(C)C)cc1. The predicted molar refractivity (Wildman–Crippen MR) is 94.4 cm³/mol. The van der Waals surface area contributed by atoms with E-state index in [0.717, 1.165) is 0 Å². The Morgan fingerprint density at radius 2 is 1.58 bits per heavy atom. The lowest BCUT2D eigenvalue weighted by molar-refractivity contribution is 0.104. The smallest absolute Gasteiger partial charge is 0.434 e. The fraction of sp³-hybridized carbons (Fsp3) is 0.556. The highest BCUT2D eigenvalue weighted by atomic mass is 16.7. The average Bonchev–Trinajstić information content (AvgIpc) is 2.48. The molecule has 24 heavy (non-hydrogen) atoms. The van der Waals surface area contributed by atoms with E-state index in [1.807, 2.05) is 4.90 Å². The number of benzene rings is 1. The molecular formula is C18H28N2O4. The van der Waals surface area contributed by atoms with Gasteiger partial charge < -0.3 is 19.7 Å². The summed E-state index contributed by atoms with van der Waals surface area (Å²) in [6, 6.07) is 6.48. The van der Waals surface area contributed by atoms with Crippen molar-refractivity contribution in [1.29, 1.82) is 0 Å². The summed E-state index contributed by atoms with van der Waals surface area (Å²) in [6.45, 7) is 11.7. The molecule has 0 radical (unpaired) electrons. The molecule has 0 aliphatic carbocycles. The van der Waals surface area contributed by atoms with E-state index in [2.05, 4.69) is 33.0 Å². The monoisotopic (exact) mass is 336 g/mol. The van der Waals surface area contributed by atoms with Crippen LogP contribution in [0.2, 0.25) is 0 Å². The van der Waals surface area contributed by atoms with Crippen LogP contribution in [0.25, 0.3) is 0 Å². The van der Waals surface area contributed by atoms with Crippen LogP contribution in [-0.4, -0.2) is 36.8 Å². The number of nitrogens with zero attached hydrogens (tertiary/aromatic N) is 1. The Labute approximate surface area is 144 Å². The number of rotatable bonds is 7. The Morgan fingerprint density at radius 1 is 1.04 bits per heavy atom. The molecule has 0 aliphatic rings. The molecule has 0 saturated carbocycles. The molecule has 0 saturated heterocycles. The molecule has 1 N–H and O–H groups in total. The van der Waals surface area contributed by atoms with Crippen molar-refractivity contribution < 1.29 is 19.1 Å². The number of carbonyl (C=O) groups excluding carboxylic acids is 2. The maximum Gasteiger partial charge on any atom is 0.513 e. The topological polar surface area (TPSA) is 67.9 Å². The maximum absolute atomic E-state index is 12.4. The zero-order chi connectivity index (χ0) is 18.1. The Hall–Kier alpha value is -2.24. The molecule has 6 nitrogen and oxygen atoms in total. The van der Waals surface area contributed by atoms with Crippen LogP contribution in [0.4, 0.5) is 15.3 Å². The van der Waals surface area contributed by atoms with Crippen molar-refractivity contribution in [2.45, 2.75) is 34.6 Å². The minimum atomic E-state index is -0.741. The lowest BCUT2D eigenvalue weighted by Gasteiger charge is -2.26. The number of hydrogen-bond acceptors (Lipinski definition) is 4. The van der Waals surface area contributed by atoms with Crippen molar-refractivity contribution in [3.05, 3.63) is 24.3 Å². The van der Waals surface area contributed by atoms with E-state index >= 15 is 0 Å². The van der Waals surface area contributed by atoms with Gasteiger partial charge in [0.1, 0.15) is 5.75 Å². The van der Waals surface area contributed by atoms with E-state index in [4.69, 9.17) is 9.47 Å². The van der Waals surface area contributed by atoms with Crippen molar-refractivity contribution in [3.8, 4) is 5.75 Å². The molecule has 0 spiro atoms. The van der Waals surface area contributed by atoms with E-state index < -0.39 is 6.16 Å².